The molecule has 0 fully saturated rings. The van der Waals surface area contributed by atoms with Crippen molar-refractivity contribution in [1.29, 1.82) is 0 Å². The van der Waals surface area contributed by atoms with Gasteiger partial charge >= 0.3 is 0 Å². The predicted molar refractivity (Wildman–Crippen MR) is 60.9 cm³/mol. The average molecular weight is 254 g/mol. The number of hydrogen-bond acceptors (Lipinski definition) is 4. The lowest BCUT2D eigenvalue weighted by Gasteiger charge is -2.06. The van der Waals surface area contributed by atoms with Crippen molar-refractivity contribution < 1.29 is 15.0 Å². The number of rotatable bonds is 2. The Morgan fingerprint density at radius 2 is 2.06 bits per heavy atom. The molecule has 2 rings (SSSR count). The lowest BCUT2D eigenvalue weighted by Crippen LogP contribution is -2.11. The summed E-state index contributed by atoms with van der Waals surface area (Å²) in [6.45, 7) is 0. The second-order valence-corrected chi connectivity index (χ2v) is 3.75. The molecule has 7 heteroatoms. The van der Waals surface area contributed by atoms with Gasteiger partial charge in [-0.2, -0.15) is 5.10 Å². The molecular formula is C10H8ClN3O3. The molecule has 88 valence electrons. The molecule has 0 saturated carbocycles. The molecule has 0 spiro atoms. The van der Waals surface area contributed by atoms with Gasteiger partial charge in [0.1, 0.15) is 11.5 Å². The minimum absolute atomic E-state index is 0.0443. The third-order valence-electron chi connectivity index (χ3n) is 2.24. The van der Waals surface area contributed by atoms with Crippen molar-refractivity contribution in [3.63, 3.8) is 0 Å². The molecule has 0 aliphatic rings. The van der Waals surface area contributed by atoms with Crippen LogP contribution in [0.4, 0.5) is 0 Å². The van der Waals surface area contributed by atoms with Gasteiger partial charge in [-0.3, -0.25) is 9.89 Å². The number of phenolic OH excluding ortho intramolecular Hbond substituents is 2. The van der Waals surface area contributed by atoms with Crippen LogP contribution in [0.15, 0.2) is 18.3 Å². The van der Waals surface area contributed by atoms with E-state index < -0.39 is 5.91 Å². The van der Waals surface area contributed by atoms with Crippen LogP contribution in [0.5, 0.6) is 11.5 Å². The molecular weight excluding hydrogens is 246 g/mol. The number of phenols is 2. The molecule has 1 heterocycles. The third-order valence-corrected chi connectivity index (χ3v) is 2.54. The Bertz CT molecular complexity index is 594. The van der Waals surface area contributed by atoms with E-state index in [-0.39, 0.29) is 33.3 Å². The van der Waals surface area contributed by atoms with Crippen molar-refractivity contribution in [2.24, 2.45) is 5.73 Å². The van der Waals surface area contributed by atoms with E-state index in [1.54, 1.807) is 0 Å². The molecule has 0 aliphatic heterocycles. The fourth-order valence-corrected chi connectivity index (χ4v) is 1.59. The summed E-state index contributed by atoms with van der Waals surface area (Å²) < 4.78 is 0. The summed E-state index contributed by atoms with van der Waals surface area (Å²) in [7, 11) is 0. The Morgan fingerprint density at radius 1 is 1.35 bits per heavy atom. The Hall–Kier alpha value is -2.21. The highest BCUT2D eigenvalue weighted by atomic mass is 35.5. The molecule has 1 aromatic carbocycles. The number of aromatic hydroxyl groups is 2. The zero-order valence-electron chi connectivity index (χ0n) is 8.44. The third kappa shape index (κ3) is 1.90. The van der Waals surface area contributed by atoms with Gasteiger partial charge in [0, 0.05) is 11.6 Å². The van der Waals surface area contributed by atoms with Crippen molar-refractivity contribution in [2.45, 2.75) is 0 Å². The quantitative estimate of drug-likeness (QED) is 0.645. The fourth-order valence-electron chi connectivity index (χ4n) is 1.43. The number of nitrogens with one attached hydrogen (secondary N) is 1. The number of amides is 1. The standard InChI is InChI=1S/C10H8ClN3O3/c11-6-1-4(7(15)2-8(6)16)9-5(10(12)17)3-13-14-9/h1-3,15-16H,(H2,12,17)(H,13,14). The zero-order chi connectivity index (χ0) is 12.6. The van der Waals surface area contributed by atoms with Gasteiger partial charge in [-0.05, 0) is 6.07 Å². The summed E-state index contributed by atoms with van der Waals surface area (Å²) >= 11 is 5.72. The fraction of sp³-hybridized carbons (Fsp3) is 0. The molecule has 5 N–H and O–H groups in total. The molecule has 2 aromatic rings. The smallest absolute Gasteiger partial charge is 0.252 e. The van der Waals surface area contributed by atoms with E-state index in [1.165, 1.54) is 12.3 Å². The monoisotopic (exact) mass is 253 g/mol. The number of hydrogen-bond donors (Lipinski definition) is 4. The molecule has 0 unspecified atom stereocenters. The molecule has 0 aliphatic carbocycles. The molecule has 0 radical (unpaired) electrons. The van der Waals surface area contributed by atoms with Gasteiger partial charge in [-0.1, -0.05) is 11.6 Å². The zero-order valence-corrected chi connectivity index (χ0v) is 9.19. The number of halogens is 1. The van der Waals surface area contributed by atoms with E-state index in [0.29, 0.717) is 0 Å². The topological polar surface area (TPSA) is 112 Å². The first-order chi connectivity index (χ1) is 8.00. The van der Waals surface area contributed by atoms with Crippen molar-refractivity contribution in [2.75, 3.05) is 0 Å². The van der Waals surface area contributed by atoms with E-state index in [2.05, 4.69) is 10.2 Å². The Kier molecular flexibility index (Phi) is 2.64. The highest BCUT2D eigenvalue weighted by molar-refractivity contribution is 6.32. The summed E-state index contributed by atoms with van der Waals surface area (Å²) in [5, 5.41) is 25.2. The normalized spacial score (nSPS) is 10.4. The first-order valence-corrected chi connectivity index (χ1v) is 4.93. The summed E-state index contributed by atoms with van der Waals surface area (Å²) in [5.74, 6) is -1.18. The van der Waals surface area contributed by atoms with Crippen molar-refractivity contribution >= 4 is 17.5 Å². The van der Waals surface area contributed by atoms with E-state index in [1.807, 2.05) is 0 Å². The van der Waals surface area contributed by atoms with Crippen molar-refractivity contribution in [1.82, 2.24) is 10.2 Å². The van der Waals surface area contributed by atoms with Crippen LogP contribution in [0.25, 0.3) is 11.3 Å². The number of primary amides is 1. The maximum atomic E-state index is 11.1. The van der Waals surface area contributed by atoms with Crippen LogP contribution in [0.1, 0.15) is 10.4 Å². The van der Waals surface area contributed by atoms with Gasteiger partial charge < -0.3 is 15.9 Å². The summed E-state index contributed by atoms with van der Waals surface area (Å²) in [6, 6.07) is 2.38. The van der Waals surface area contributed by atoms with Gasteiger partial charge in [0.2, 0.25) is 0 Å². The van der Waals surface area contributed by atoms with Crippen LogP contribution in [0.2, 0.25) is 5.02 Å². The number of nitrogens with two attached hydrogens (primary N) is 1. The SMILES string of the molecule is NC(=O)c1cn[nH]c1-c1cc(Cl)c(O)cc1O. The van der Waals surface area contributed by atoms with Gasteiger partial charge in [0.15, 0.2) is 0 Å². The lowest BCUT2D eigenvalue weighted by atomic mass is 10.1. The molecule has 0 saturated heterocycles. The number of carbonyl (C=O) groups excluding carboxylic acids is 1. The maximum absolute atomic E-state index is 11.1. The number of H-pyrrole nitrogens is 1. The van der Waals surface area contributed by atoms with Crippen LogP contribution in [0, 0.1) is 0 Å². The first-order valence-electron chi connectivity index (χ1n) is 4.55. The summed E-state index contributed by atoms with van der Waals surface area (Å²) in [5.41, 5.74) is 5.76. The van der Waals surface area contributed by atoms with E-state index >= 15 is 0 Å². The first kappa shape index (κ1) is 11.3. The number of nitrogens with zero attached hydrogens (tertiary/aromatic N) is 1. The average Bonchev–Trinajstić information content (AvgIpc) is 2.72. The van der Waals surface area contributed by atoms with Crippen LogP contribution in [-0.4, -0.2) is 26.3 Å². The molecule has 6 nitrogen and oxygen atoms in total. The van der Waals surface area contributed by atoms with E-state index in [4.69, 9.17) is 17.3 Å². The van der Waals surface area contributed by atoms with Gasteiger partial charge in [0.25, 0.3) is 5.91 Å². The molecule has 1 amide bonds. The highest BCUT2D eigenvalue weighted by Crippen LogP contribution is 2.37. The van der Waals surface area contributed by atoms with Crippen LogP contribution in [0.3, 0.4) is 0 Å². The van der Waals surface area contributed by atoms with E-state index in [0.717, 1.165) is 6.07 Å². The lowest BCUT2D eigenvalue weighted by molar-refractivity contribution is 0.100. The van der Waals surface area contributed by atoms with Crippen LogP contribution in [-0.2, 0) is 0 Å². The Morgan fingerprint density at radius 3 is 2.71 bits per heavy atom. The maximum Gasteiger partial charge on any atom is 0.252 e. The van der Waals surface area contributed by atoms with Gasteiger partial charge in [-0.25, -0.2) is 0 Å². The Labute approximate surface area is 101 Å². The van der Waals surface area contributed by atoms with Crippen LogP contribution >= 0.6 is 11.6 Å². The molecule has 0 bridgehead atoms. The number of aromatic amines is 1. The number of benzene rings is 1. The number of carbonyl (C=O) groups is 1. The molecule has 0 atom stereocenters. The predicted octanol–water partition coefficient (Wildman–Crippen LogP) is 1.24. The molecule has 1 aromatic heterocycles. The van der Waals surface area contributed by atoms with Crippen LogP contribution < -0.4 is 5.73 Å². The largest absolute Gasteiger partial charge is 0.507 e. The van der Waals surface area contributed by atoms with Crippen molar-refractivity contribution in [3.05, 3.63) is 28.9 Å². The summed E-state index contributed by atoms with van der Waals surface area (Å²) in [6.07, 6.45) is 1.25. The minimum atomic E-state index is -0.683. The Balaban J connectivity index is 2.64. The van der Waals surface area contributed by atoms with Gasteiger partial charge in [0.05, 0.1) is 22.5 Å². The molecule has 17 heavy (non-hydrogen) atoms. The van der Waals surface area contributed by atoms with E-state index in [9.17, 15) is 15.0 Å². The van der Waals surface area contributed by atoms with Gasteiger partial charge in [-0.15, -0.1) is 0 Å². The van der Waals surface area contributed by atoms with Crippen molar-refractivity contribution in [3.8, 4) is 22.8 Å². The second kappa shape index (κ2) is 3.99. The minimum Gasteiger partial charge on any atom is -0.507 e. The highest BCUT2D eigenvalue weighted by Gasteiger charge is 2.17. The summed E-state index contributed by atoms with van der Waals surface area (Å²) in [4.78, 5) is 11.1. The number of aromatic nitrogens is 2. The second-order valence-electron chi connectivity index (χ2n) is 3.34.